The van der Waals surface area contributed by atoms with Crippen molar-refractivity contribution >= 4 is 33.5 Å². The number of aryl methyl sites for hydroxylation is 1. The van der Waals surface area contributed by atoms with Gasteiger partial charge in [-0.25, -0.2) is 0 Å². The fourth-order valence-electron chi connectivity index (χ4n) is 1.58. The van der Waals surface area contributed by atoms with Gasteiger partial charge in [-0.2, -0.15) is 0 Å². The second-order valence-corrected chi connectivity index (χ2v) is 5.92. The molecule has 0 fully saturated rings. The summed E-state index contributed by atoms with van der Waals surface area (Å²) in [5.74, 6) is 0.641. The van der Waals surface area contributed by atoms with E-state index in [2.05, 4.69) is 35.0 Å². The van der Waals surface area contributed by atoms with Gasteiger partial charge in [-0.3, -0.25) is 4.79 Å². The van der Waals surface area contributed by atoms with Crippen molar-refractivity contribution in [1.29, 1.82) is 0 Å². The van der Waals surface area contributed by atoms with Crippen LogP contribution >= 0.6 is 27.7 Å². The van der Waals surface area contributed by atoms with Crippen LogP contribution in [0.3, 0.4) is 0 Å². The van der Waals surface area contributed by atoms with Crippen molar-refractivity contribution in [2.75, 3.05) is 5.75 Å². The van der Waals surface area contributed by atoms with Crippen LogP contribution in [0.2, 0.25) is 0 Å². The number of hydrogen-bond donors (Lipinski definition) is 0. The molecule has 0 heterocycles. The highest BCUT2D eigenvalue weighted by molar-refractivity contribution is 9.10. The first-order valence-corrected chi connectivity index (χ1v) is 7.42. The van der Waals surface area contributed by atoms with Gasteiger partial charge in [0.05, 0.1) is 5.75 Å². The van der Waals surface area contributed by atoms with Gasteiger partial charge in [0.15, 0.2) is 5.78 Å². The van der Waals surface area contributed by atoms with E-state index in [1.807, 2.05) is 36.4 Å². The van der Waals surface area contributed by atoms with Gasteiger partial charge < -0.3 is 0 Å². The Morgan fingerprint density at radius 2 is 1.78 bits per heavy atom. The largest absolute Gasteiger partial charge is 0.293 e. The molecule has 0 spiro atoms. The smallest absolute Gasteiger partial charge is 0.173 e. The minimum atomic E-state index is 0.163. The van der Waals surface area contributed by atoms with Gasteiger partial charge in [-0.15, -0.1) is 11.8 Å². The zero-order valence-electron chi connectivity index (χ0n) is 10.0. The quantitative estimate of drug-likeness (QED) is 0.598. The first-order chi connectivity index (χ1) is 8.66. The number of thioether (sulfide) groups is 1. The molecule has 0 bridgehead atoms. The Labute approximate surface area is 120 Å². The molecule has 0 radical (unpaired) electrons. The Morgan fingerprint density at radius 1 is 1.11 bits per heavy atom. The Balaban J connectivity index is 2.01. The number of ketones is 1. The maximum Gasteiger partial charge on any atom is 0.173 e. The summed E-state index contributed by atoms with van der Waals surface area (Å²) in [6.07, 6.45) is 0. The number of hydrogen-bond acceptors (Lipinski definition) is 2. The highest BCUT2D eigenvalue weighted by Crippen LogP contribution is 2.23. The minimum Gasteiger partial charge on any atom is -0.293 e. The zero-order valence-corrected chi connectivity index (χ0v) is 12.4. The van der Waals surface area contributed by atoms with E-state index in [1.54, 1.807) is 11.8 Å². The maximum absolute atomic E-state index is 12.0. The van der Waals surface area contributed by atoms with Crippen molar-refractivity contribution in [1.82, 2.24) is 0 Å². The predicted octanol–water partition coefficient (Wildman–Crippen LogP) is 4.73. The molecule has 2 aromatic carbocycles. The molecular weight excluding hydrogens is 308 g/mol. The van der Waals surface area contributed by atoms with Gasteiger partial charge in [0.25, 0.3) is 0 Å². The molecule has 2 aromatic rings. The first-order valence-electron chi connectivity index (χ1n) is 5.64. The molecule has 92 valence electrons. The number of carbonyl (C=O) groups excluding carboxylic acids is 1. The van der Waals surface area contributed by atoms with Crippen LogP contribution in [0, 0.1) is 6.92 Å². The van der Waals surface area contributed by atoms with Crippen LogP contribution in [0.1, 0.15) is 15.9 Å². The van der Waals surface area contributed by atoms with E-state index in [9.17, 15) is 4.79 Å². The van der Waals surface area contributed by atoms with E-state index in [-0.39, 0.29) is 5.78 Å². The normalized spacial score (nSPS) is 10.3. The van der Waals surface area contributed by atoms with Gasteiger partial charge in [0.2, 0.25) is 0 Å². The molecular formula is C15H13BrOS. The molecule has 0 aromatic heterocycles. The van der Waals surface area contributed by atoms with Gasteiger partial charge in [0, 0.05) is 14.9 Å². The monoisotopic (exact) mass is 320 g/mol. The lowest BCUT2D eigenvalue weighted by molar-refractivity contribution is 0.102. The Hall–Kier alpha value is -1.06. The molecule has 0 aliphatic carbocycles. The van der Waals surface area contributed by atoms with Crippen LogP contribution in [0.15, 0.2) is 57.9 Å². The molecule has 0 amide bonds. The molecule has 0 saturated carbocycles. The summed E-state index contributed by atoms with van der Waals surface area (Å²) in [4.78, 5) is 13.2. The minimum absolute atomic E-state index is 0.163. The Morgan fingerprint density at radius 3 is 2.44 bits per heavy atom. The molecule has 18 heavy (non-hydrogen) atoms. The van der Waals surface area contributed by atoms with Crippen LogP contribution in [-0.2, 0) is 0 Å². The van der Waals surface area contributed by atoms with Crippen LogP contribution in [0.5, 0.6) is 0 Å². The van der Waals surface area contributed by atoms with Crippen LogP contribution in [0.4, 0.5) is 0 Å². The molecule has 1 nitrogen and oxygen atoms in total. The topological polar surface area (TPSA) is 17.1 Å². The van der Waals surface area contributed by atoms with Crippen molar-refractivity contribution < 1.29 is 4.79 Å². The van der Waals surface area contributed by atoms with E-state index < -0.39 is 0 Å². The molecule has 0 unspecified atom stereocenters. The van der Waals surface area contributed by atoms with Crippen molar-refractivity contribution in [3.8, 4) is 0 Å². The van der Waals surface area contributed by atoms with Gasteiger partial charge in [0.1, 0.15) is 0 Å². The highest BCUT2D eigenvalue weighted by Gasteiger charge is 2.07. The van der Waals surface area contributed by atoms with E-state index in [0.29, 0.717) is 5.75 Å². The predicted molar refractivity (Wildman–Crippen MR) is 80.4 cm³/mol. The number of Topliss-reactive ketones (excluding diaryl/α,β-unsaturated/α-hetero) is 1. The summed E-state index contributed by atoms with van der Waals surface area (Å²) in [6, 6.07) is 15.6. The standard InChI is InChI=1S/C15H13BrOS/c1-11-4-2-3-5-15(11)18-10-14(17)12-6-8-13(16)9-7-12/h2-9H,10H2,1H3. The van der Waals surface area contributed by atoms with Crippen molar-refractivity contribution in [3.63, 3.8) is 0 Å². The molecule has 0 aliphatic heterocycles. The lowest BCUT2D eigenvalue weighted by atomic mass is 10.2. The van der Waals surface area contributed by atoms with Crippen LogP contribution in [-0.4, -0.2) is 11.5 Å². The third-order valence-electron chi connectivity index (χ3n) is 2.62. The summed E-state index contributed by atoms with van der Waals surface area (Å²) in [7, 11) is 0. The average Bonchev–Trinajstić information content (AvgIpc) is 2.38. The van der Waals surface area contributed by atoms with E-state index in [4.69, 9.17) is 0 Å². The molecule has 0 atom stereocenters. The third-order valence-corrected chi connectivity index (χ3v) is 4.32. The zero-order chi connectivity index (χ0) is 13.0. The number of carbonyl (C=O) groups is 1. The summed E-state index contributed by atoms with van der Waals surface area (Å²) in [5.41, 5.74) is 1.98. The fraction of sp³-hybridized carbons (Fsp3) is 0.133. The summed E-state index contributed by atoms with van der Waals surface area (Å²) in [5, 5.41) is 0. The third kappa shape index (κ3) is 3.47. The van der Waals surface area contributed by atoms with Crippen LogP contribution < -0.4 is 0 Å². The number of rotatable bonds is 4. The second-order valence-electron chi connectivity index (χ2n) is 3.98. The van der Waals surface area contributed by atoms with Gasteiger partial charge in [-0.05, 0) is 30.7 Å². The second kappa shape index (κ2) is 6.21. The molecule has 3 heteroatoms. The first kappa shape index (κ1) is 13.4. The molecule has 2 rings (SSSR count). The fourth-order valence-corrected chi connectivity index (χ4v) is 2.77. The summed E-state index contributed by atoms with van der Waals surface area (Å²) < 4.78 is 0.991. The molecule has 0 aliphatic rings. The van der Waals surface area contributed by atoms with E-state index in [0.717, 1.165) is 10.0 Å². The summed E-state index contributed by atoms with van der Waals surface area (Å²) in [6.45, 7) is 2.06. The van der Waals surface area contributed by atoms with Crippen molar-refractivity contribution in [3.05, 3.63) is 64.1 Å². The number of benzene rings is 2. The summed E-state index contributed by atoms with van der Waals surface area (Å²) >= 11 is 4.96. The lowest BCUT2D eigenvalue weighted by Crippen LogP contribution is -2.02. The average molecular weight is 321 g/mol. The van der Waals surface area contributed by atoms with E-state index >= 15 is 0 Å². The van der Waals surface area contributed by atoms with Crippen molar-refractivity contribution in [2.45, 2.75) is 11.8 Å². The van der Waals surface area contributed by atoms with Crippen LogP contribution in [0.25, 0.3) is 0 Å². The highest BCUT2D eigenvalue weighted by atomic mass is 79.9. The Kier molecular flexibility index (Phi) is 4.61. The SMILES string of the molecule is Cc1ccccc1SCC(=O)c1ccc(Br)cc1. The Bertz CT molecular complexity index is 549. The van der Waals surface area contributed by atoms with Crippen molar-refractivity contribution in [2.24, 2.45) is 0 Å². The number of halogens is 1. The van der Waals surface area contributed by atoms with E-state index in [1.165, 1.54) is 10.5 Å². The maximum atomic E-state index is 12.0. The van der Waals surface area contributed by atoms with Gasteiger partial charge >= 0.3 is 0 Å². The molecule has 0 saturated heterocycles. The lowest BCUT2D eigenvalue weighted by Gasteiger charge is -2.04. The molecule has 0 N–H and O–H groups in total. The van der Waals surface area contributed by atoms with Gasteiger partial charge in [-0.1, -0.05) is 46.3 Å².